The van der Waals surface area contributed by atoms with Crippen LogP contribution in [0.3, 0.4) is 0 Å². The third-order valence-electron chi connectivity index (χ3n) is 3.94. The second kappa shape index (κ2) is 8.50. The number of ether oxygens (including phenoxy) is 1. The highest BCUT2D eigenvalue weighted by Crippen LogP contribution is 2.23. The van der Waals surface area contributed by atoms with Crippen LogP contribution in [0.4, 0.5) is 5.13 Å². The topological polar surface area (TPSA) is 92.8 Å². The number of benzene rings is 1. The van der Waals surface area contributed by atoms with Gasteiger partial charge in [0.05, 0.1) is 7.11 Å². The Morgan fingerprint density at radius 3 is 2.64 bits per heavy atom. The van der Waals surface area contributed by atoms with Crippen LogP contribution < -0.4 is 10.1 Å². The SMILES string of the molecule is COc1ccc(-n2cccc2/C=C(/C#N)C(=O)Nc2nnc(C(C)C)s2)cc1. The second-order valence-corrected chi connectivity index (χ2v) is 7.23. The van der Waals surface area contributed by atoms with Gasteiger partial charge in [-0.25, -0.2) is 0 Å². The van der Waals surface area contributed by atoms with Crippen LogP contribution in [0.1, 0.15) is 30.5 Å². The number of nitrogens with one attached hydrogen (secondary N) is 1. The number of nitrogens with zero attached hydrogens (tertiary/aromatic N) is 4. The predicted molar refractivity (Wildman–Crippen MR) is 109 cm³/mol. The zero-order valence-corrected chi connectivity index (χ0v) is 16.5. The number of amides is 1. The molecule has 1 aromatic carbocycles. The molecule has 0 aliphatic heterocycles. The highest BCUT2D eigenvalue weighted by Gasteiger charge is 2.15. The second-order valence-electron chi connectivity index (χ2n) is 6.23. The summed E-state index contributed by atoms with van der Waals surface area (Å²) in [7, 11) is 1.61. The zero-order valence-electron chi connectivity index (χ0n) is 15.7. The van der Waals surface area contributed by atoms with E-state index in [0.717, 1.165) is 16.4 Å². The molecule has 3 aromatic rings. The summed E-state index contributed by atoms with van der Waals surface area (Å²) in [4.78, 5) is 12.5. The van der Waals surface area contributed by atoms with Crippen molar-refractivity contribution in [3.63, 3.8) is 0 Å². The Balaban J connectivity index is 1.83. The van der Waals surface area contributed by atoms with Crippen LogP contribution >= 0.6 is 11.3 Å². The number of nitriles is 1. The maximum Gasteiger partial charge on any atom is 0.268 e. The van der Waals surface area contributed by atoms with Gasteiger partial charge >= 0.3 is 0 Å². The number of carbonyl (C=O) groups is 1. The molecule has 0 aliphatic carbocycles. The van der Waals surface area contributed by atoms with Crippen LogP contribution in [-0.4, -0.2) is 27.8 Å². The molecule has 0 aliphatic rings. The van der Waals surface area contributed by atoms with E-state index in [0.29, 0.717) is 10.8 Å². The van der Waals surface area contributed by atoms with Gasteiger partial charge in [0.1, 0.15) is 22.4 Å². The Labute approximate surface area is 166 Å². The molecule has 1 amide bonds. The molecule has 142 valence electrons. The molecule has 2 aromatic heterocycles. The van der Waals surface area contributed by atoms with Crippen molar-refractivity contribution >= 4 is 28.5 Å². The normalized spacial score (nSPS) is 11.3. The van der Waals surface area contributed by atoms with Crippen LogP contribution in [0, 0.1) is 11.3 Å². The lowest BCUT2D eigenvalue weighted by Crippen LogP contribution is -2.13. The predicted octanol–water partition coefficient (Wildman–Crippen LogP) is 4.01. The van der Waals surface area contributed by atoms with Crippen molar-refractivity contribution in [3.05, 3.63) is 58.9 Å². The first-order valence-corrected chi connectivity index (χ1v) is 9.41. The first kappa shape index (κ1) is 19.3. The summed E-state index contributed by atoms with van der Waals surface area (Å²) in [5.41, 5.74) is 1.58. The molecule has 28 heavy (non-hydrogen) atoms. The quantitative estimate of drug-likeness (QED) is 0.505. The molecule has 0 saturated carbocycles. The van der Waals surface area contributed by atoms with E-state index in [2.05, 4.69) is 15.5 Å². The maximum atomic E-state index is 12.5. The van der Waals surface area contributed by atoms with Crippen molar-refractivity contribution in [2.75, 3.05) is 12.4 Å². The standard InChI is InChI=1S/C20H19N5O2S/c1-13(2)19-23-24-20(28-19)22-18(26)14(12-21)11-16-5-4-10-25(16)15-6-8-17(27-3)9-7-15/h4-11,13H,1-3H3,(H,22,24,26)/b14-11-. The third-order valence-corrected chi connectivity index (χ3v) is 5.08. The summed E-state index contributed by atoms with van der Waals surface area (Å²) in [5.74, 6) is 0.459. The lowest BCUT2D eigenvalue weighted by atomic mass is 10.2. The van der Waals surface area contributed by atoms with E-state index in [4.69, 9.17) is 4.74 Å². The summed E-state index contributed by atoms with van der Waals surface area (Å²) in [6, 6.07) is 13.1. The van der Waals surface area contributed by atoms with E-state index < -0.39 is 5.91 Å². The van der Waals surface area contributed by atoms with E-state index in [1.807, 2.05) is 67.1 Å². The molecule has 0 unspecified atom stereocenters. The molecular formula is C20H19N5O2S. The molecule has 3 rings (SSSR count). The molecule has 7 nitrogen and oxygen atoms in total. The van der Waals surface area contributed by atoms with Crippen LogP contribution in [-0.2, 0) is 4.79 Å². The average Bonchev–Trinajstić information content (AvgIpc) is 3.35. The van der Waals surface area contributed by atoms with Crippen molar-refractivity contribution in [1.82, 2.24) is 14.8 Å². The summed E-state index contributed by atoms with van der Waals surface area (Å²) in [6.45, 7) is 4.00. The first-order chi connectivity index (χ1) is 13.5. The van der Waals surface area contributed by atoms with Crippen molar-refractivity contribution < 1.29 is 9.53 Å². The number of carbonyl (C=O) groups excluding carboxylic acids is 1. The summed E-state index contributed by atoms with van der Waals surface area (Å²) in [6.07, 6.45) is 3.41. The van der Waals surface area contributed by atoms with Crippen molar-refractivity contribution in [2.45, 2.75) is 19.8 Å². The van der Waals surface area contributed by atoms with Gasteiger partial charge in [0, 0.05) is 23.5 Å². The fraction of sp³-hybridized carbons (Fsp3) is 0.200. The van der Waals surface area contributed by atoms with Crippen LogP contribution in [0.15, 0.2) is 48.2 Å². The minimum atomic E-state index is -0.517. The fourth-order valence-electron chi connectivity index (χ4n) is 2.47. The van der Waals surface area contributed by atoms with Crippen molar-refractivity contribution in [3.8, 4) is 17.5 Å². The van der Waals surface area contributed by atoms with Crippen LogP contribution in [0.25, 0.3) is 11.8 Å². The first-order valence-electron chi connectivity index (χ1n) is 8.60. The molecule has 2 heterocycles. The van der Waals surface area contributed by atoms with E-state index in [-0.39, 0.29) is 11.5 Å². The third kappa shape index (κ3) is 4.27. The number of anilines is 1. The van der Waals surface area contributed by atoms with Crippen molar-refractivity contribution in [1.29, 1.82) is 5.26 Å². The van der Waals surface area contributed by atoms with Crippen LogP contribution in [0.2, 0.25) is 0 Å². The van der Waals surface area contributed by atoms with Gasteiger partial charge in [0.15, 0.2) is 0 Å². The molecule has 0 spiro atoms. The van der Waals surface area contributed by atoms with Gasteiger partial charge < -0.3 is 9.30 Å². The molecule has 8 heteroatoms. The Morgan fingerprint density at radius 2 is 2.04 bits per heavy atom. The molecule has 0 atom stereocenters. The highest BCUT2D eigenvalue weighted by molar-refractivity contribution is 7.15. The largest absolute Gasteiger partial charge is 0.497 e. The average molecular weight is 393 g/mol. The van der Waals surface area contributed by atoms with E-state index in [9.17, 15) is 10.1 Å². The zero-order chi connectivity index (χ0) is 20.1. The lowest BCUT2D eigenvalue weighted by Gasteiger charge is -2.08. The van der Waals surface area contributed by atoms with Gasteiger partial charge in [0.2, 0.25) is 5.13 Å². The van der Waals surface area contributed by atoms with Crippen LogP contribution in [0.5, 0.6) is 5.75 Å². The summed E-state index contributed by atoms with van der Waals surface area (Å²) >= 11 is 1.30. The summed E-state index contributed by atoms with van der Waals surface area (Å²) in [5, 5.41) is 21.3. The summed E-state index contributed by atoms with van der Waals surface area (Å²) < 4.78 is 7.06. The minimum Gasteiger partial charge on any atom is -0.497 e. The Kier molecular flexibility index (Phi) is 5.87. The van der Waals surface area contributed by atoms with Gasteiger partial charge in [-0.15, -0.1) is 10.2 Å². The molecule has 1 N–H and O–H groups in total. The lowest BCUT2D eigenvalue weighted by molar-refractivity contribution is -0.112. The van der Waals surface area contributed by atoms with Gasteiger partial charge in [-0.1, -0.05) is 25.2 Å². The minimum absolute atomic E-state index is 0.0187. The van der Waals surface area contributed by atoms with E-state index in [1.165, 1.54) is 11.3 Å². The highest BCUT2D eigenvalue weighted by atomic mass is 32.1. The van der Waals surface area contributed by atoms with Gasteiger partial charge in [-0.2, -0.15) is 5.26 Å². The number of hydrogen-bond acceptors (Lipinski definition) is 6. The van der Waals surface area contributed by atoms with Crippen molar-refractivity contribution in [2.24, 2.45) is 0 Å². The molecule has 0 bridgehead atoms. The van der Waals surface area contributed by atoms with E-state index >= 15 is 0 Å². The monoisotopic (exact) mass is 393 g/mol. The maximum absolute atomic E-state index is 12.5. The van der Waals surface area contributed by atoms with Gasteiger partial charge in [0.25, 0.3) is 5.91 Å². The Morgan fingerprint density at radius 1 is 1.29 bits per heavy atom. The Bertz CT molecular complexity index is 1040. The fourth-order valence-corrected chi connectivity index (χ4v) is 3.21. The Hall–Kier alpha value is -3.44. The van der Waals surface area contributed by atoms with Gasteiger partial charge in [-0.3, -0.25) is 10.1 Å². The number of aromatic nitrogens is 3. The molecule has 0 radical (unpaired) electrons. The number of hydrogen-bond donors (Lipinski definition) is 1. The van der Waals surface area contributed by atoms with Gasteiger partial charge in [-0.05, 0) is 42.5 Å². The molecular weight excluding hydrogens is 374 g/mol. The number of rotatable bonds is 6. The van der Waals surface area contributed by atoms with E-state index in [1.54, 1.807) is 13.2 Å². The smallest absolute Gasteiger partial charge is 0.268 e. The molecule has 0 fully saturated rings. The number of methoxy groups -OCH3 is 1. The molecule has 0 saturated heterocycles.